The van der Waals surface area contributed by atoms with Gasteiger partial charge in [0.2, 0.25) is 5.91 Å². The van der Waals surface area contributed by atoms with E-state index < -0.39 is 10.0 Å². The van der Waals surface area contributed by atoms with Gasteiger partial charge in [-0.25, -0.2) is 0 Å². The number of likely N-dealkylation sites (N-methyl/N-ethyl adjacent to an activating group) is 1. The first-order valence-corrected chi connectivity index (χ1v) is 11.5. The highest BCUT2D eigenvalue weighted by atomic mass is 32.2. The Balaban J connectivity index is 1.67. The Labute approximate surface area is 182 Å². The molecule has 0 aliphatic carbocycles. The number of ether oxygens (including phenoxy) is 2. The van der Waals surface area contributed by atoms with E-state index in [4.69, 9.17) is 9.47 Å². The van der Waals surface area contributed by atoms with Crippen molar-refractivity contribution in [2.45, 2.75) is 31.2 Å². The molecule has 2 aromatic rings. The number of amidine groups is 1. The summed E-state index contributed by atoms with van der Waals surface area (Å²) in [5, 5.41) is 2.93. The van der Waals surface area contributed by atoms with Crippen LogP contribution in [-0.2, 0) is 14.8 Å². The van der Waals surface area contributed by atoms with E-state index in [1.165, 1.54) is 11.0 Å². The molecule has 31 heavy (non-hydrogen) atoms. The van der Waals surface area contributed by atoms with Gasteiger partial charge in [0.1, 0.15) is 4.90 Å². The highest BCUT2D eigenvalue weighted by molar-refractivity contribution is 7.90. The predicted octanol–water partition coefficient (Wildman–Crippen LogP) is 2.74. The van der Waals surface area contributed by atoms with Gasteiger partial charge in [0, 0.05) is 12.6 Å². The summed E-state index contributed by atoms with van der Waals surface area (Å²) in [6.45, 7) is 4.45. The van der Waals surface area contributed by atoms with Crippen LogP contribution in [0.15, 0.2) is 51.8 Å². The number of hydrogen-bond acceptors (Lipinski definition) is 6. The minimum Gasteiger partial charge on any atom is -0.493 e. The Hall–Kier alpha value is -3.07. The van der Waals surface area contributed by atoms with E-state index in [2.05, 4.69) is 9.71 Å². The van der Waals surface area contributed by atoms with Crippen LogP contribution in [0.3, 0.4) is 0 Å². The van der Waals surface area contributed by atoms with Crippen LogP contribution in [0.2, 0.25) is 0 Å². The Bertz CT molecular complexity index is 1100. The molecule has 0 radical (unpaired) electrons. The zero-order valence-corrected chi connectivity index (χ0v) is 18.9. The van der Waals surface area contributed by atoms with Crippen LogP contribution < -0.4 is 14.8 Å². The van der Waals surface area contributed by atoms with Gasteiger partial charge in [-0.1, -0.05) is 25.1 Å². The molecule has 0 spiro atoms. The maximum atomic E-state index is 12.6. The molecule has 2 aromatic carbocycles. The van der Waals surface area contributed by atoms with E-state index in [1.54, 1.807) is 32.4 Å². The second-order valence-electron chi connectivity index (χ2n) is 7.29. The molecule has 0 saturated heterocycles. The van der Waals surface area contributed by atoms with Crippen LogP contribution in [0.25, 0.3) is 0 Å². The van der Waals surface area contributed by atoms with Crippen LogP contribution in [0.4, 0.5) is 0 Å². The van der Waals surface area contributed by atoms with Crippen LogP contribution in [0, 0.1) is 0 Å². The van der Waals surface area contributed by atoms with Gasteiger partial charge in [0.25, 0.3) is 10.0 Å². The Morgan fingerprint density at radius 1 is 1.19 bits per heavy atom. The molecule has 3 rings (SSSR count). The number of benzene rings is 2. The number of sulfonamides is 1. The summed E-state index contributed by atoms with van der Waals surface area (Å²) in [5.74, 6) is 1.26. The van der Waals surface area contributed by atoms with E-state index in [-0.39, 0.29) is 29.2 Å². The SMILES string of the molecule is CCCOc1ccc(C(C)NC(=O)CN(C)C2=NS(=O)(=O)c3ccccc32)cc1OC. The first kappa shape index (κ1) is 22.6. The number of methoxy groups -OCH3 is 1. The van der Waals surface area contributed by atoms with Crippen LogP contribution in [0.5, 0.6) is 11.5 Å². The average Bonchev–Trinajstić information content (AvgIpc) is 3.03. The number of fused-ring (bicyclic) bond motifs is 1. The number of rotatable bonds is 8. The largest absolute Gasteiger partial charge is 0.493 e. The molecule has 0 aromatic heterocycles. The maximum absolute atomic E-state index is 12.6. The number of hydrogen-bond donors (Lipinski definition) is 1. The fourth-order valence-corrected chi connectivity index (χ4v) is 4.56. The van der Waals surface area contributed by atoms with Gasteiger partial charge >= 0.3 is 0 Å². The minimum absolute atomic E-state index is 0.0398. The van der Waals surface area contributed by atoms with Gasteiger partial charge in [-0.3, -0.25) is 4.79 Å². The standard InChI is InChI=1S/C22H27N3O5S/c1-5-12-30-18-11-10-16(13-19(18)29-4)15(2)23-21(26)14-25(3)22-17-8-6-7-9-20(17)31(27,28)24-22/h6-11,13,15H,5,12,14H2,1-4H3,(H,23,26). The van der Waals surface area contributed by atoms with Crippen molar-refractivity contribution >= 4 is 21.8 Å². The summed E-state index contributed by atoms with van der Waals surface area (Å²) in [6.07, 6.45) is 0.891. The second-order valence-corrected chi connectivity index (χ2v) is 8.86. The van der Waals surface area contributed by atoms with Gasteiger partial charge in [-0.2, -0.15) is 8.42 Å². The first-order valence-electron chi connectivity index (χ1n) is 10.0. The molecule has 0 saturated carbocycles. The summed E-state index contributed by atoms with van der Waals surface area (Å²) in [7, 11) is -0.515. The maximum Gasteiger partial charge on any atom is 0.285 e. The summed E-state index contributed by atoms with van der Waals surface area (Å²) in [4.78, 5) is 14.3. The first-order chi connectivity index (χ1) is 14.8. The zero-order chi connectivity index (χ0) is 22.6. The Morgan fingerprint density at radius 3 is 2.65 bits per heavy atom. The third-order valence-corrected chi connectivity index (χ3v) is 6.21. The molecular formula is C22H27N3O5S. The van der Waals surface area contributed by atoms with Crippen molar-refractivity contribution in [3.63, 3.8) is 0 Å². The van der Waals surface area contributed by atoms with E-state index >= 15 is 0 Å². The van der Waals surface area contributed by atoms with E-state index in [0.29, 0.717) is 23.7 Å². The monoisotopic (exact) mass is 445 g/mol. The predicted molar refractivity (Wildman–Crippen MR) is 118 cm³/mol. The second kappa shape index (κ2) is 9.38. The number of nitrogens with one attached hydrogen (secondary N) is 1. The average molecular weight is 446 g/mol. The number of carbonyl (C=O) groups is 1. The lowest BCUT2D eigenvalue weighted by Crippen LogP contribution is -2.39. The highest BCUT2D eigenvalue weighted by Crippen LogP contribution is 2.30. The van der Waals surface area contributed by atoms with Gasteiger partial charge in [-0.05, 0) is 43.2 Å². The highest BCUT2D eigenvalue weighted by Gasteiger charge is 2.31. The normalized spacial score (nSPS) is 14.9. The molecule has 0 bridgehead atoms. The zero-order valence-electron chi connectivity index (χ0n) is 18.1. The molecule has 1 N–H and O–H groups in total. The molecule has 1 heterocycles. The minimum atomic E-state index is -3.73. The van der Waals surface area contributed by atoms with Gasteiger partial charge in [0.15, 0.2) is 17.3 Å². The van der Waals surface area contributed by atoms with Crippen molar-refractivity contribution in [1.29, 1.82) is 0 Å². The Morgan fingerprint density at radius 2 is 1.94 bits per heavy atom. The fraction of sp³-hybridized carbons (Fsp3) is 0.364. The molecule has 1 aliphatic rings. The summed E-state index contributed by atoms with van der Waals surface area (Å²) < 4.78 is 39.4. The molecule has 1 atom stereocenters. The molecule has 166 valence electrons. The van der Waals surface area contributed by atoms with Gasteiger partial charge in [0.05, 0.1) is 26.3 Å². The van der Waals surface area contributed by atoms with Gasteiger partial charge in [-0.15, -0.1) is 4.40 Å². The van der Waals surface area contributed by atoms with E-state index in [1.807, 2.05) is 32.0 Å². The molecular weight excluding hydrogens is 418 g/mol. The molecule has 9 heteroatoms. The van der Waals surface area contributed by atoms with Crippen molar-refractivity contribution in [3.05, 3.63) is 53.6 Å². The third-order valence-electron chi connectivity index (χ3n) is 4.88. The van der Waals surface area contributed by atoms with Crippen molar-refractivity contribution < 1.29 is 22.7 Å². The van der Waals surface area contributed by atoms with Crippen LogP contribution >= 0.6 is 0 Å². The molecule has 1 unspecified atom stereocenters. The quantitative estimate of drug-likeness (QED) is 0.671. The van der Waals surface area contributed by atoms with Gasteiger partial charge < -0.3 is 19.7 Å². The van der Waals surface area contributed by atoms with Crippen molar-refractivity contribution in [2.24, 2.45) is 4.40 Å². The third kappa shape index (κ3) is 4.99. The van der Waals surface area contributed by atoms with Crippen molar-refractivity contribution in [1.82, 2.24) is 10.2 Å². The van der Waals surface area contributed by atoms with Crippen molar-refractivity contribution in [2.75, 3.05) is 27.3 Å². The fourth-order valence-electron chi connectivity index (χ4n) is 3.31. The van der Waals surface area contributed by atoms with Crippen molar-refractivity contribution in [3.8, 4) is 11.5 Å². The number of amides is 1. The lowest BCUT2D eigenvalue weighted by molar-refractivity contribution is -0.121. The number of nitrogens with zero attached hydrogens (tertiary/aromatic N) is 2. The summed E-state index contributed by atoms with van der Waals surface area (Å²) in [5.41, 5.74) is 1.36. The molecule has 0 fully saturated rings. The van der Waals surface area contributed by atoms with E-state index in [9.17, 15) is 13.2 Å². The summed E-state index contributed by atoms with van der Waals surface area (Å²) >= 11 is 0. The topological polar surface area (TPSA) is 97.3 Å². The Kier molecular flexibility index (Phi) is 6.84. The smallest absolute Gasteiger partial charge is 0.285 e. The molecule has 1 aliphatic heterocycles. The van der Waals surface area contributed by atoms with E-state index in [0.717, 1.165) is 12.0 Å². The number of carbonyl (C=O) groups excluding carboxylic acids is 1. The lowest BCUT2D eigenvalue weighted by atomic mass is 10.1. The lowest BCUT2D eigenvalue weighted by Gasteiger charge is -2.21. The van der Waals surface area contributed by atoms with Crippen LogP contribution in [0.1, 0.15) is 37.4 Å². The summed E-state index contributed by atoms with van der Waals surface area (Å²) in [6, 6.07) is 11.9. The molecule has 8 nitrogen and oxygen atoms in total. The molecule has 1 amide bonds. The van der Waals surface area contributed by atoms with Crippen LogP contribution in [-0.4, -0.2) is 52.4 Å².